The van der Waals surface area contributed by atoms with E-state index in [0.29, 0.717) is 5.92 Å². The molecule has 2 fully saturated rings. The molecule has 0 aliphatic heterocycles. The minimum absolute atomic E-state index is 0.0566. The first-order valence-electron chi connectivity index (χ1n) is 6.50. The topological polar surface area (TPSA) is 20.2 Å². The van der Waals surface area contributed by atoms with Gasteiger partial charge < -0.3 is 5.11 Å². The lowest BCUT2D eigenvalue weighted by Crippen LogP contribution is -2.39. The van der Waals surface area contributed by atoms with Gasteiger partial charge in [0.05, 0.1) is 6.10 Å². The first kappa shape index (κ1) is 10.3. The van der Waals surface area contributed by atoms with Crippen LogP contribution in [-0.4, -0.2) is 11.2 Å². The summed E-state index contributed by atoms with van der Waals surface area (Å²) in [4.78, 5) is 0. The first-order chi connectivity index (χ1) is 7.76. The van der Waals surface area contributed by atoms with Crippen LogP contribution in [-0.2, 0) is 5.41 Å². The molecule has 0 radical (unpaired) electrons. The fraction of sp³-hybridized carbons (Fsp3) is 0.600. The van der Waals surface area contributed by atoms with Crippen LogP contribution in [0.2, 0.25) is 0 Å². The van der Waals surface area contributed by atoms with Gasteiger partial charge in [-0.25, -0.2) is 0 Å². The van der Waals surface area contributed by atoms with E-state index in [9.17, 15) is 5.11 Å². The van der Waals surface area contributed by atoms with Gasteiger partial charge in [0.15, 0.2) is 0 Å². The molecular weight excluding hydrogens is 196 g/mol. The molecule has 1 heteroatoms. The molecule has 86 valence electrons. The zero-order valence-electron chi connectivity index (χ0n) is 9.89. The normalized spacial score (nSPS) is 41.5. The largest absolute Gasteiger partial charge is 0.393 e. The first-order valence-corrected chi connectivity index (χ1v) is 6.50. The smallest absolute Gasteiger partial charge is 0.0579 e. The van der Waals surface area contributed by atoms with Crippen molar-refractivity contribution in [2.24, 2.45) is 11.8 Å². The average molecular weight is 216 g/mol. The van der Waals surface area contributed by atoms with E-state index in [-0.39, 0.29) is 11.5 Å². The van der Waals surface area contributed by atoms with Crippen molar-refractivity contribution < 1.29 is 5.11 Å². The number of hydrogen-bond donors (Lipinski definition) is 1. The lowest BCUT2D eigenvalue weighted by atomic mass is 9.66. The van der Waals surface area contributed by atoms with Crippen LogP contribution >= 0.6 is 0 Å². The maximum Gasteiger partial charge on any atom is 0.0579 e. The molecule has 0 spiro atoms. The summed E-state index contributed by atoms with van der Waals surface area (Å²) in [7, 11) is 0. The third kappa shape index (κ3) is 1.27. The van der Waals surface area contributed by atoms with Crippen molar-refractivity contribution in [3.63, 3.8) is 0 Å². The number of fused-ring (bicyclic) bond motifs is 2. The molecule has 16 heavy (non-hydrogen) atoms. The fourth-order valence-corrected chi connectivity index (χ4v) is 4.26. The molecule has 2 bridgehead atoms. The molecule has 1 aromatic rings. The highest BCUT2D eigenvalue weighted by molar-refractivity contribution is 5.30. The van der Waals surface area contributed by atoms with Crippen molar-refractivity contribution in [2.45, 2.75) is 44.1 Å². The van der Waals surface area contributed by atoms with Gasteiger partial charge in [-0.1, -0.05) is 37.3 Å². The second-order valence-corrected chi connectivity index (χ2v) is 5.59. The minimum Gasteiger partial charge on any atom is -0.393 e. The van der Waals surface area contributed by atoms with Crippen molar-refractivity contribution >= 4 is 0 Å². The number of rotatable bonds is 2. The predicted octanol–water partition coefficient (Wildman–Crippen LogP) is 3.13. The van der Waals surface area contributed by atoms with E-state index in [1.165, 1.54) is 18.4 Å². The van der Waals surface area contributed by atoms with Crippen molar-refractivity contribution in [2.75, 3.05) is 0 Å². The monoisotopic (exact) mass is 216 g/mol. The molecule has 0 heterocycles. The van der Waals surface area contributed by atoms with Crippen molar-refractivity contribution in [3.05, 3.63) is 35.9 Å². The van der Waals surface area contributed by atoms with Gasteiger partial charge in [0.1, 0.15) is 0 Å². The van der Waals surface area contributed by atoms with Crippen LogP contribution in [0.5, 0.6) is 0 Å². The van der Waals surface area contributed by atoms with Gasteiger partial charge in [-0.05, 0) is 43.1 Å². The summed E-state index contributed by atoms with van der Waals surface area (Å²) in [6, 6.07) is 10.8. The van der Waals surface area contributed by atoms with E-state index in [4.69, 9.17) is 0 Å². The lowest BCUT2D eigenvalue weighted by Gasteiger charge is -2.40. The zero-order valence-corrected chi connectivity index (χ0v) is 9.89. The van der Waals surface area contributed by atoms with Crippen molar-refractivity contribution in [1.29, 1.82) is 0 Å². The summed E-state index contributed by atoms with van der Waals surface area (Å²) in [5.74, 6) is 1.27. The van der Waals surface area contributed by atoms with Crippen LogP contribution < -0.4 is 0 Å². The molecule has 4 unspecified atom stereocenters. The molecule has 0 amide bonds. The standard InChI is InChI=1S/C15H20O/c1-2-15(12-6-4-3-5-7-12)10-11-8-13(15)14(16)9-11/h3-7,11,13-14,16H,2,8-10H2,1H3. The van der Waals surface area contributed by atoms with Crippen LogP contribution in [0.1, 0.15) is 38.2 Å². The summed E-state index contributed by atoms with van der Waals surface area (Å²) in [6.45, 7) is 2.28. The Hall–Kier alpha value is -0.820. The zero-order chi connectivity index (χ0) is 11.2. The number of benzene rings is 1. The second kappa shape index (κ2) is 3.59. The molecule has 2 saturated carbocycles. The van der Waals surface area contributed by atoms with Gasteiger partial charge in [0, 0.05) is 5.41 Å². The molecule has 2 aliphatic carbocycles. The molecule has 1 aromatic carbocycles. The second-order valence-electron chi connectivity index (χ2n) is 5.59. The highest BCUT2D eigenvalue weighted by Gasteiger charge is 2.54. The van der Waals surface area contributed by atoms with Crippen molar-refractivity contribution in [3.8, 4) is 0 Å². The van der Waals surface area contributed by atoms with Crippen LogP contribution in [0.15, 0.2) is 30.3 Å². The van der Waals surface area contributed by atoms with E-state index in [2.05, 4.69) is 37.3 Å². The van der Waals surface area contributed by atoms with E-state index in [0.717, 1.165) is 18.8 Å². The van der Waals surface area contributed by atoms with Gasteiger partial charge in [-0.3, -0.25) is 0 Å². The quantitative estimate of drug-likeness (QED) is 0.805. The van der Waals surface area contributed by atoms with Gasteiger partial charge in [0.2, 0.25) is 0 Å². The number of aliphatic hydroxyl groups excluding tert-OH is 1. The van der Waals surface area contributed by atoms with E-state index in [1.807, 2.05) is 0 Å². The number of hydrogen-bond acceptors (Lipinski definition) is 1. The molecule has 2 aliphatic rings. The SMILES string of the molecule is CCC1(c2ccccc2)CC2CC(O)C1C2. The highest BCUT2D eigenvalue weighted by Crippen LogP contribution is 2.58. The molecule has 4 atom stereocenters. The Labute approximate surface area is 97.5 Å². The Balaban J connectivity index is 2.02. The van der Waals surface area contributed by atoms with Crippen LogP contribution in [0.4, 0.5) is 0 Å². The maximum absolute atomic E-state index is 10.1. The highest BCUT2D eigenvalue weighted by atomic mass is 16.3. The fourth-order valence-electron chi connectivity index (χ4n) is 4.26. The van der Waals surface area contributed by atoms with Gasteiger partial charge in [-0.15, -0.1) is 0 Å². The molecular formula is C15H20O. The maximum atomic E-state index is 10.1. The summed E-state index contributed by atoms with van der Waals surface area (Å²) in [5.41, 5.74) is 1.72. The summed E-state index contributed by atoms with van der Waals surface area (Å²) in [6.07, 6.45) is 4.67. The Bertz CT molecular complexity index is 372. The number of aliphatic hydroxyl groups is 1. The lowest BCUT2D eigenvalue weighted by molar-refractivity contribution is 0.0608. The van der Waals surface area contributed by atoms with Crippen LogP contribution in [0.3, 0.4) is 0 Å². The van der Waals surface area contributed by atoms with Crippen LogP contribution in [0.25, 0.3) is 0 Å². The average Bonchev–Trinajstić information content (AvgIpc) is 2.87. The van der Waals surface area contributed by atoms with Crippen LogP contribution in [0, 0.1) is 11.8 Å². The summed E-state index contributed by atoms with van der Waals surface area (Å²) in [5, 5.41) is 10.1. The molecule has 0 aromatic heterocycles. The van der Waals surface area contributed by atoms with E-state index < -0.39 is 0 Å². The molecule has 1 N–H and O–H groups in total. The van der Waals surface area contributed by atoms with Crippen molar-refractivity contribution in [1.82, 2.24) is 0 Å². The Morgan fingerprint density at radius 3 is 2.56 bits per heavy atom. The Morgan fingerprint density at radius 1 is 1.25 bits per heavy atom. The van der Waals surface area contributed by atoms with E-state index in [1.54, 1.807) is 0 Å². The summed E-state index contributed by atoms with van der Waals surface area (Å²) >= 11 is 0. The van der Waals surface area contributed by atoms with Gasteiger partial charge >= 0.3 is 0 Å². The third-order valence-electron chi connectivity index (χ3n) is 4.97. The molecule has 0 saturated heterocycles. The minimum atomic E-state index is -0.0566. The Morgan fingerprint density at radius 2 is 2.00 bits per heavy atom. The summed E-state index contributed by atoms with van der Waals surface area (Å²) < 4.78 is 0. The molecule has 1 nitrogen and oxygen atoms in total. The molecule has 3 rings (SSSR count). The van der Waals surface area contributed by atoms with Gasteiger partial charge in [-0.2, -0.15) is 0 Å². The third-order valence-corrected chi connectivity index (χ3v) is 4.97. The van der Waals surface area contributed by atoms with E-state index >= 15 is 0 Å². The predicted molar refractivity (Wildman–Crippen MR) is 65.2 cm³/mol. The van der Waals surface area contributed by atoms with Gasteiger partial charge in [0.25, 0.3) is 0 Å². The Kier molecular flexibility index (Phi) is 2.32.